The van der Waals surface area contributed by atoms with Crippen LogP contribution in [0.2, 0.25) is 0 Å². The van der Waals surface area contributed by atoms with Crippen molar-refractivity contribution in [1.82, 2.24) is 15.6 Å². The van der Waals surface area contributed by atoms with Crippen molar-refractivity contribution in [3.8, 4) is 0 Å². The Balaban J connectivity index is 1.13. The molecule has 34 heavy (non-hydrogen) atoms. The van der Waals surface area contributed by atoms with E-state index in [0.29, 0.717) is 18.2 Å². The second kappa shape index (κ2) is 10.2. The van der Waals surface area contributed by atoms with Gasteiger partial charge in [0.05, 0.1) is 23.9 Å². The van der Waals surface area contributed by atoms with Crippen molar-refractivity contribution in [2.45, 2.75) is 44.0 Å². The van der Waals surface area contributed by atoms with Gasteiger partial charge in [0.1, 0.15) is 0 Å². The minimum absolute atomic E-state index is 0.0705. The predicted molar refractivity (Wildman–Crippen MR) is 134 cm³/mol. The van der Waals surface area contributed by atoms with Crippen molar-refractivity contribution in [1.29, 1.82) is 0 Å². The first-order valence-corrected chi connectivity index (χ1v) is 11.9. The largest absolute Gasteiger partial charge is 0.387 e. The number of hydrogen-bond donors (Lipinski definition) is 3. The van der Waals surface area contributed by atoms with E-state index < -0.39 is 6.10 Å². The lowest BCUT2D eigenvalue weighted by molar-refractivity contribution is 0.0950. The number of carbonyl (C=O) groups is 1. The minimum atomic E-state index is -0.491. The zero-order valence-electron chi connectivity index (χ0n) is 19.0. The van der Waals surface area contributed by atoms with Gasteiger partial charge in [-0.1, -0.05) is 66.7 Å². The Morgan fingerprint density at radius 3 is 2.53 bits per heavy atom. The van der Waals surface area contributed by atoms with Crippen LogP contribution >= 0.6 is 0 Å². The minimum Gasteiger partial charge on any atom is -0.387 e. The molecule has 1 aromatic heterocycles. The zero-order chi connectivity index (χ0) is 23.3. The molecule has 3 atom stereocenters. The zero-order valence-corrected chi connectivity index (χ0v) is 19.0. The highest BCUT2D eigenvalue weighted by atomic mass is 16.3. The number of aliphatic hydroxyl groups is 1. The summed E-state index contributed by atoms with van der Waals surface area (Å²) in [5, 5.41) is 18.3. The van der Waals surface area contributed by atoms with E-state index in [1.165, 1.54) is 5.56 Å². The maximum atomic E-state index is 12.6. The topological polar surface area (TPSA) is 74.2 Å². The summed E-state index contributed by atoms with van der Waals surface area (Å²) in [5.74, 6) is -0.105. The number of pyridine rings is 1. The van der Waals surface area contributed by atoms with E-state index in [1.54, 1.807) is 0 Å². The number of rotatable bonds is 7. The molecule has 1 fully saturated rings. The average molecular weight is 452 g/mol. The number of fused-ring (bicyclic) bond motifs is 1. The number of aromatic nitrogens is 1. The van der Waals surface area contributed by atoms with Crippen molar-refractivity contribution in [2.24, 2.45) is 0 Å². The highest BCUT2D eigenvalue weighted by Gasteiger charge is 2.29. The number of nitrogens with one attached hydrogen (secondary N) is 2. The Morgan fingerprint density at radius 2 is 1.71 bits per heavy atom. The molecule has 3 aromatic carbocycles. The van der Waals surface area contributed by atoms with Crippen molar-refractivity contribution in [3.05, 3.63) is 113 Å². The van der Waals surface area contributed by atoms with Gasteiger partial charge in [0.15, 0.2) is 0 Å². The van der Waals surface area contributed by atoms with Crippen LogP contribution in [0.5, 0.6) is 0 Å². The second-order valence-electron chi connectivity index (χ2n) is 8.98. The van der Waals surface area contributed by atoms with Crippen LogP contribution in [0.15, 0.2) is 91.0 Å². The van der Waals surface area contributed by atoms with E-state index in [2.05, 4.69) is 15.6 Å². The molecule has 1 saturated heterocycles. The molecule has 5 heteroatoms. The number of amides is 1. The summed E-state index contributed by atoms with van der Waals surface area (Å²) in [6, 6.07) is 29.9. The Hall–Kier alpha value is -3.54. The molecule has 1 amide bonds. The van der Waals surface area contributed by atoms with Gasteiger partial charge in [-0.05, 0) is 54.7 Å². The number of aliphatic hydroxyl groups excluding tert-OH is 1. The van der Waals surface area contributed by atoms with Gasteiger partial charge in [-0.2, -0.15) is 0 Å². The fraction of sp³-hybridized carbons (Fsp3) is 0.241. The monoisotopic (exact) mass is 451 g/mol. The van der Waals surface area contributed by atoms with Crippen LogP contribution in [0, 0.1) is 0 Å². The Morgan fingerprint density at radius 1 is 0.941 bits per heavy atom. The van der Waals surface area contributed by atoms with E-state index in [0.717, 1.165) is 41.4 Å². The Kier molecular flexibility index (Phi) is 6.65. The predicted octanol–water partition coefficient (Wildman–Crippen LogP) is 4.56. The molecule has 1 aliphatic heterocycles. The molecule has 172 valence electrons. The first-order valence-electron chi connectivity index (χ1n) is 11.9. The van der Waals surface area contributed by atoms with Crippen LogP contribution in [0.3, 0.4) is 0 Å². The van der Waals surface area contributed by atoms with E-state index in [1.807, 2.05) is 91.0 Å². The average Bonchev–Trinajstić information content (AvgIpc) is 3.36. The number of hydrogen-bond acceptors (Lipinski definition) is 4. The number of nitrogens with zero attached hydrogens (tertiary/aromatic N) is 1. The van der Waals surface area contributed by atoms with Crippen LogP contribution in [0.1, 0.15) is 46.1 Å². The molecule has 3 N–H and O–H groups in total. The first kappa shape index (κ1) is 22.3. The summed E-state index contributed by atoms with van der Waals surface area (Å²) in [4.78, 5) is 17.2. The SMILES string of the molecule is O=C(NCc1ccc2ccccc2n1)c1ccc(C[C@@H]2CC[C@H]([C@H](O)c3ccccc3)N2)cc1. The fourth-order valence-corrected chi connectivity index (χ4v) is 4.70. The lowest BCUT2D eigenvalue weighted by Gasteiger charge is -2.20. The molecule has 4 aromatic rings. The number of para-hydroxylation sites is 1. The number of carbonyl (C=O) groups excluding carboxylic acids is 1. The van der Waals surface area contributed by atoms with E-state index in [9.17, 15) is 9.90 Å². The van der Waals surface area contributed by atoms with Crippen molar-refractivity contribution >= 4 is 16.8 Å². The highest BCUT2D eigenvalue weighted by molar-refractivity contribution is 5.94. The summed E-state index contributed by atoms with van der Waals surface area (Å²) < 4.78 is 0. The third kappa shape index (κ3) is 5.16. The van der Waals surface area contributed by atoms with Crippen LogP contribution in [-0.2, 0) is 13.0 Å². The van der Waals surface area contributed by atoms with Gasteiger partial charge in [0, 0.05) is 23.0 Å². The van der Waals surface area contributed by atoms with Crippen LogP contribution in [0.25, 0.3) is 10.9 Å². The molecule has 2 heterocycles. The summed E-state index contributed by atoms with van der Waals surface area (Å²) >= 11 is 0. The summed E-state index contributed by atoms with van der Waals surface area (Å²) in [6.45, 7) is 0.391. The van der Waals surface area contributed by atoms with Crippen molar-refractivity contribution in [3.63, 3.8) is 0 Å². The van der Waals surface area contributed by atoms with E-state index >= 15 is 0 Å². The van der Waals surface area contributed by atoms with Crippen molar-refractivity contribution in [2.75, 3.05) is 0 Å². The molecular formula is C29H29N3O2. The molecule has 1 aliphatic rings. The molecule has 5 rings (SSSR count). The van der Waals surface area contributed by atoms with Gasteiger partial charge in [-0.15, -0.1) is 0 Å². The molecule has 0 spiro atoms. The summed E-state index contributed by atoms with van der Waals surface area (Å²) in [6.07, 6.45) is 2.36. The Bertz CT molecular complexity index is 1260. The van der Waals surface area contributed by atoms with E-state index in [-0.39, 0.29) is 11.9 Å². The maximum absolute atomic E-state index is 12.6. The summed E-state index contributed by atoms with van der Waals surface area (Å²) in [5.41, 5.74) is 4.54. The molecule has 0 radical (unpaired) electrons. The number of benzene rings is 3. The van der Waals surface area contributed by atoms with E-state index in [4.69, 9.17) is 0 Å². The first-order chi connectivity index (χ1) is 16.7. The quantitative estimate of drug-likeness (QED) is 0.385. The molecule has 0 bridgehead atoms. The Labute approximate surface area is 199 Å². The molecule has 5 nitrogen and oxygen atoms in total. The maximum Gasteiger partial charge on any atom is 0.251 e. The lowest BCUT2D eigenvalue weighted by atomic mass is 10.0. The smallest absolute Gasteiger partial charge is 0.251 e. The van der Waals surface area contributed by atoms with Gasteiger partial charge in [0.2, 0.25) is 0 Å². The normalized spacial score (nSPS) is 18.6. The molecule has 0 unspecified atom stereocenters. The van der Waals surface area contributed by atoms with Gasteiger partial charge in [0.25, 0.3) is 5.91 Å². The van der Waals surface area contributed by atoms with Gasteiger partial charge in [-0.3, -0.25) is 9.78 Å². The van der Waals surface area contributed by atoms with Crippen LogP contribution in [-0.4, -0.2) is 28.1 Å². The lowest BCUT2D eigenvalue weighted by Crippen LogP contribution is -2.35. The summed E-state index contributed by atoms with van der Waals surface area (Å²) in [7, 11) is 0. The molecule has 0 aliphatic carbocycles. The van der Waals surface area contributed by atoms with Crippen LogP contribution < -0.4 is 10.6 Å². The second-order valence-corrected chi connectivity index (χ2v) is 8.98. The molecular weight excluding hydrogens is 422 g/mol. The highest BCUT2D eigenvalue weighted by Crippen LogP contribution is 2.26. The van der Waals surface area contributed by atoms with Crippen molar-refractivity contribution < 1.29 is 9.90 Å². The standard InChI is InChI=1S/C29H29N3O2/c33-28(22-7-2-1-3-8-22)27-17-16-24(31-27)18-20-10-12-23(13-11-20)29(34)30-19-25-15-14-21-6-4-5-9-26(21)32-25/h1-15,24,27-28,31,33H,16-19H2,(H,30,34)/t24-,27+,28+/m0/s1. The van der Waals surface area contributed by atoms with Gasteiger partial charge >= 0.3 is 0 Å². The van der Waals surface area contributed by atoms with Crippen LogP contribution in [0.4, 0.5) is 0 Å². The van der Waals surface area contributed by atoms with Gasteiger partial charge in [-0.25, -0.2) is 0 Å². The van der Waals surface area contributed by atoms with Gasteiger partial charge < -0.3 is 15.7 Å². The fourth-order valence-electron chi connectivity index (χ4n) is 4.70. The third-order valence-electron chi connectivity index (χ3n) is 6.58. The third-order valence-corrected chi connectivity index (χ3v) is 6.58. The molecule has 0 saturated carbocycles.